The maximum Gasteiger partial charge on any atom is 0.246 e. The zero-order chi connectivity index (χ0) is 21.5. The number of nitrogens with zero attached hydrogens (tertiary/aromatic N) is 5. The Morgan fingerprint density at radius 1 is 1.12 bits per heavy atom. The van der Waals surface area contributed by atoms with E-state index in [0.29, 0.717) is 24.1 Å². The van der Waals surface area contributed by atoms with Crippen molar-refractivity contribution in [2.24, 2.45) is 0 Å². The summed E-state index contributed by atoms with van der Waals surface area (Å²) in [4.78, 5) is 20.0. The first-order chi connectivity index (χ1) is 15.7. The third kappa shape index (κ3) is 3.62. The van der Waals surface area contributed by atoms with Crippen LogP contribution < -0.4 is 10.2 Å². The van der Waals surface area contributed by atoms with Gasteiger partial charge in [0.05, 0.1) is 6.04 Å². The molecule has 2 fully saturated rings. The molecule has 1 aliphatic heterocycles. The summed E-state index contributed by atoms with van der Waals surface area (Å²) in [7, 11) is 0. The molecule has 1 aliphatic carbocycles. The second-order valence-electron chi connectivity index (χ2n) is 8.69. The van der Waals surface area contributed by atoms with E-state index >= 15 is 0 Å². The van der Waals surface area contributed by atoms with Crippen molar-refractivity contribution >= 4 is 28.9 Å². The fourth-order valence-corrected chi connectivity index (χ4v) is 4.52. The molecule has 0 unspecified atom stereocenters. The number of aromatic amines is 1. The standard InChI is InChI=1S/C24H25N7O/c32-21(14-16-6-2-1-3-7-16)19-8-4-12-30(19)24-26-23(20-9-5-13-31(20)29-24)25-22-15-18(27-28-22)17-10-11-17/h1-3,5-7,9,13,15,17,19H,4,8,10-12,14H2,(H2,25,26,27,28,29)/t19-/m1/s1. The lowest BCUT2D eigenvalue weighted by atomic mass is 10.0. The fourth-order valence-electron chi connectivity index (χ4n) is 4.52. The summed E-state index contributed by atoms with van der Waals surface area (Å²) in [5, 5.41) is 15.6. The van der Waals surface area contributed by atoms with E-state index in [1.807, 2.05) is 53.2 Å². The van der Waals surface area contributed by atoms with E-state index in [1.165, 1.54) is 18.5 Å². The molecule has 1 atom stereocenters. The molecule has 0 spiro atoms. The van der Waals surface area contributed by atoms with Crippen molar-refractivity contribution in [2.75, 3.05) is 16.8 Å². The zero-order valence-corrected chi connectivity index (χ0v) is 17.7. The second-order valence-corrected chi connectivity index (χ2v) is 8.69. The molecule has 4 heterocycles. The number of aromatic nitrogens is 5. The Kier molecular flexibility index (Phi) is 4.63. The highest BCUT2D eigenvalue weighted by Gasteiger charge is 2.33. The number of H-pyrrole nitrogens is 1. The largest absolute Gasteiger partial charge is 0.329 e. The number of carbonyl (C=O) groups is 1. The number of benzene rings is 1. The van der Waals surface area contributed by atoms with Crippen LogP contribution in [0.15, 0.2) is 54.7 Å². The first kappa shape index (κ1) is 19.0. The van der Waals surface area contributed by atoms with Gasteiger partial charge in [-0.05, 0) is 43.4 Å². The lowest BCUT2D eigenvalue weighted by Gasteiger charge is -2.24. The molecular formula is C24H25N7O. The van der Waals surface area contributed by atoms with Crippen LogP contribution in [0.3, 0.4) is 0 Å². The topological polar surface area (TPSA) is 91.2 Å². The summed E-state index contributed by atoms with van der Waals surface area (Å²) in [6.45, 7) is 0.769. The molecule has 2 aliphatic rings. The molecule has 0 radical (unpaired) electrons. The van der Waals surface area contributed by atoms with Crippen LogP contribution in [0.2, 0.25) is 0 Å². The van der Waals surface area contributed by atoms with Crippen molar-refractivity contribution < 1.29 is 4.79 Å². The van der Waals surface area contributed by atoms with E-state index in [-0.39, 0.29) is 11.8 Å². The van der Waals surface area contributed by atoms with E-state index in [4.69, 9.17) is 10.1 Å². The van der Waals surface area contributed by atoms with Crippen molar-refractivity contribution in [3.63, 3.8) is 0 Å². The molecule has 4 aromatic rings. The van der Waals surface area contributed by atoms with Gasteiger partial charge in [0.2, 0.25) is 5.95 Å². The summed E-state index contributed by atoms with van der Waals surface area (Å²) in [5.74, 6) is 2.82. The molecule has 1 aromatic carbocycles. The Bertz CT molecular complexity index is 1260. The first-order valence-corrected chi connectivity index (χ1v) is 11.3. The Labute approximate surface area is 185 Å². The minimum atomic E-state index is -0.206. The van der Waals surface area contributed by atoms with Gasteiger partial charge in [-0.2, -0.15) is 10.1 Å². The van der Waals surface area contributed by atoms with Crippen LogP contribution in [0, 0.1) is 0 Å². The highest BCUT2D eigenvalue weighted by Crippen LogP contribution is 2.39. The van der Waals surface area contributed by atoms with Crippen LogP contribution in [-0.4, -0.2) is 43.2 Å². The molecule has 8 nitrogen and oxygen atoms in total. The lowest BCUT2D eigenvalue weighted by molar-refractivity contribution is -0.119. The molecule has 6 rings (SSSR count). The number of hydrogen-bond acceptors (Lipinski definition) is 6. The number of carbonyl (C=O) groups excluding carboxylic acids is 1. The molecule has 1 saturated heterocycles. The molecule has 32 heavy (non-hydrogen) atoms. The van der Waals surface area contributed by atoms with Crippen LogP contribution in [0.1, 0.15) is 42.9 Å². The summed E-state index contributed by atoms with van der Waals surface area (Å²) in [5.41, 5.74) is 3.08. The Morgan fingerprint density at radius 2 is 2.00 bits per heavy atom. The lowest BCUT2D eigenvalue weighted by Crippen LogP contribution is -2.38. The summed E-state index contributed by atoms with van der Waals surface area (Å²) >= 11 is 0. The Balaban J connectivity index is 1.28. The van der Waals surface area contributed by atoms with Gasteiger partial charge >= 0.3 is 0 Å². The van der Waals surface area contributed by atoms with Gasteiger partial charge in [0.1, 0.15) is 5.52 Å². The van der Waals surface area contributed by atoms with Gasteiger partial charge in [-0.1, -0.05) is 30.3 Å². The fraction of sp³-hybridized carbons (Fsp3) is 0.333. The molecular weight excluding hydrogens is 402 g/mol. The number of Topliss-reactive ketones (excluding diaryl/α,β-unsaturated/α-hetero) is 1. The number of rotatable bonds is 7. The number of nitrogens with one attached hydrogen (secondary N) is 2. The molecule has 2 N–H and O–H groups in total. The maximum atomic E-state index is 13.1. The van der Waals surface area contributed by atoms with Crippen LogP contribution in [0.4, 0.5) is 17.6 Å². The van der Waals surface area contributed by atoms with E-state index in [2.05, 4.69) is 26.5 Å². The minimum Gasteiger partial charge on any atom is -0.329 e. The monoisotopic (exact) mass is 427 g/mol. The Hall–Kier alpha value is -3.68. The van der Waals surface area contributed by atoms with E-state index in [9.17, 15) is 4.79 Å². The second kappa shape index (κ2) is 7.78. The zero-order valence-electron chi connectivity index (χ0n) is 17.7. The quantitative estimate of drug-likeness (QED) is 0.465. The van der Waals surface area contributed by atoms with Crippen molar-refractivity contribution in [1.29, 1.82) is 0 Å². The van der Waals surface area contributed by atoms with Gasteiger partial charge in [-0.3, -0.25) is 9.89 Å². The van der Waals surface area contributed by atoms with E-state index < -0.39 is 0 Å². The molecule has 0 bridgehead atoms. The van der Waals surface area contributed by atoms with Crippen LogP contribution in [0.25, 0.3) is 5.52 Å². The predicted octanol–water partition coefficient (Wildman–Crippen LogP) is 3.85. The summed E-state index contributed by atoms with van der Waals surface area (Å²) in [6.07, 6.45) is 6.54. The van der Waals surface area contributed by atoms with Gasteiger partial charge in [0.15, 0.2) is 17.4 Å². The number of hydrogen-bond donors (Lipinski definition) is 2. The van der Waals surface area contributed by atoms with Crippen LogP contribution in [0.5, 0.6) is 0 Å². The smallest absolute Gasteiger partial charge is 0.246 e. The highest BCUT2D eigenvalue weighted by atomic mass is 16.1. The van der Waals surface area contributed by atoms with Crippen molar-refractivity contribution in [1.82, 2.24) is 24.8 Å². The third-order valence-electron chi connectivity index (χ3n) is 6.34. The molecule has 162 valence electrons. The normalized spacial score (nSPS) is 18.4. The highest BCUT2D eigenvalue weighted by molar-refractivity contribution is 5.89. The van der Waals surface area contributed by atoms with Gasteiger partial charge < -0.3 is 10.2 Å². The van der Waals surface area contributed by atoms with Crippen LogP contribution in [-0.2, 0) is 11.2 Å². The summed E-state index contributed by atoms with van der Waals surface area (Å²) in [6, 6.07) is 15.7. The van der Waals surface area contributed by atoms with Gasteiger partial charge in [-0.15, -0.1) is 5.10 Å². The maximum absolute atomic E-state index is 13.1. The molecule has 3 aromatic heterocycles. The van der Waals surface area contributed by atoms with Gasteiger partial charge in [0.25, 0.3) is 0 Å². The third-order valence-corrected chi connectivity index (χ3v) is 6.34. The predicted molar refractivity (Wildman–Crippen MR) is 122 cm³/mol. The minimum absolute atomic E-state index is 0.206. The number of ketones is 1. The van der Waals surface area contributed by atoms with Crippen molar-refractivity contribution in [3.8, 4) is 0 Å². The Morgan fingerprint density at radius 3 is 2.84 bits per heavy atom. The van der Waals surface area contributed by atoms with Crippen LogP contribution >= 0.6 is 0 Å². The first-order valence-electron chi connectivity index (χ1n) is 11.3. The summed E-state index contributed by atoms with van der Waals surface area (Å²) < 4.78 is 1.82. The number of fused-ring (bicyclic) bond motifs is 1. The average molecular weight is 428 g/mol. The molecule has 0 amide bonds. The van der Waals surface area contributed by atoms with Crippen molar-refractivity contribution in [3.05, 3.63) is 66.0 Å². The van der Waals surface area contributed by atoms with Gasteiger partial charge in [-0.25, -0.2) is 4.52 Å². The molecule has 8 heteroatoms. The van der Waals surface area contributed by atoms with E-state index in [1.54, 1.807) is 0 Å². The molecule has 1 saturated carbocycles. The number of anilines is 3. The van der Waals surface area contributed by atoms with E-state index in [0.717, 1.165) is 36.3 Å². The average Bonchev–Trinajstić information content (AvgIpc) is 3.20. The SMILES string of the molecule is O=C(Cc1ccccc1)[C@H]1CCCN1c1nc(Nc2cc(C3CC3)[nH]n2)c2cccn2n1. The van der Waals surface area contributed by atoms with Gasteiger partial charge in [0, 0.05) is 36.8 Å². The van der Waals surface area contributed by atoms with Crippen molar-refractivity contribution in [2.45, 2.75) is 44.1 Å².